The van der Waals surface area contributed by atoms with Gasteiger partial charge >= 0.3 is 11.9 Å². The van der Waals surface area contributed by atoms with E-state index in [1.165, 1.54) is 0 Å². The van der Waals surface area contributed by atoms with Gasteiger partial charge in [0.05, 0.1) is 12.0 Å². The number of hydrogen-bond donors (Lipinski definition) is 0. The Hall–Kier alpha value is -1.52. The molecule has 3 saturated heterocycles. The van der Waals surface area contributed by atoms with Gasteiger partial charge in [-0.05, 0) is 45.4 Å². The lowest BCUT2D eigenvalue weighted by molar-refractivity contribution is -0.231. The molecule has 8 atom stereocenters. The van der Waals surface area contributed by atoms with Crippen molar-refractivity contribution in [2.24, 2.45) is 10.8 Å². The van der Waals surface area contributed by atoms with E-state index in [1.54, 1.807) is 6.08 Å². The molecule has 2 bridgehead atoms. The number of hydrogen-bond acceptors (Lipinski definition) is 9. The van der Waals surface area contributed by atoms with E-state index in [1.807, 2.05) is 20.8 Å². The molecule has 0 N–H and O–H groups in total. The lowest BCUT2D eigenvalue weighted by atomic mass is 9.66. The standard InChI is InChI=1S/C31H44O9/c1-5-18-34-19-21-23(38-29(36-21)12-8-6-9-13-29)20(24-22(19)37-30(39-24)14-10-7-11-15-30)35-26(33)31-17-16-28(4,25(32)40-31)27(31,2)3/h5,19-24H,1,6-18H2,2-4H3/t19?,20?,21-,22-,23-,24+,28-,31+/m0/s1. The molecule has 222 valence electrons. The Bertz CT molecular complexity index is 1020. The Kier molecular flexibility index (Phi) is 6.31. The van der Waals surface area contributed by atoms with Crippen molar-refractivity contribution in [3.63, 3.8) is 0 Å². The molecule has 4 aliphatic carbocycles. The molecule has 3 heterocycles. The summed E-state index contributed by atoms with van der Waals surface area (Å²) >= 11 is 0. The molecule has 7 rings (SSSR count). The molecule has 9 heteroatoms. The Balaban J connectivity index is 1.24. The van der Waals surface area contributed by atoms with Crippen LogP contribution < -0.4 is 0 Å². The molecule has 7 fully saturated rings. The topological polar surface area (TPSA) is 98.8 Å². The van der Waals surface area contributed by atoms with Crippen molar-refractivity contribution in [2.75, 3.05) is 6.61 Å². The van der Waals surface area contributed by atoms with Gasteiger partial charge in [-0.3, -0.25) is 4.79 Å². The van der Waals surface area contributed by atoms with Gasteiger partial charge in [-0.15, -0.1) is 6.58 Å². The summed E-state index contributed by atoms with van der Waals surface area (Å²) in [7, 11) is 0. The largest absolute Gasteiger partial charge is 0.454 e. The van der Waals surface area contributed by atoms with Gasteiger partial charge in [-0.1, -0.05) is 32.8 Å². The fourth-order valence-corrected chi connectivity index (χ4v) is 8.78. The lowest BCUT2D eigenvalue weighted by Crippen LogP contribution is -2.64. The van der Waals surface area contributed by atoms with Crippen molar-refractivity contribution >= 4 is 11.9 Å². The molecule has 0 aromatic rings. The summed E-state index contributed by atoms with van der Waals surface area (Å²) in [6, 6.07) is 0. The molecular formula is C31H44O9. The normalized spacial score (nSPS) is 45.7. The number of carbonyl (C=O) groups excluding carboxylic acids is 2. The summed E-state index contributed by atoms with van der Waals surface area (Å²) in [6.07, 6.45) is 8.76. The highest BCUT2D eigenvalue weighted by atomic mass is 16.8. The Morgan fingerprint density at radius 2 is 1.30 bits per heavy atom. The quantitative estimate of drug-likeness (QED) is 0.356. The highest BCUT2D eigenvalue weighted by Gasteiger charge is 2.77. The zero-order valence-electron chi connectivity index (χ0n) is 24.1. The van der Waals surface area contributed by atoms with E-state index < -0.39 is 70.6 Å². The third-order valence-corrected chi connectivity index (χ3v) is 11.6. The van der Waals surface area contributed by atoms with E-state index in [2.05, 4.69) is 6.58 Å². The van der Waals surface area contributed by atoms with Crippen LogP contribution in [-0.2, 0) is 42.7 Å². The minimum absolute atomic E-state index is 0.332. The van der Waals surface area contributed by atoms with Crippen LogP contribution in [0.15, 0.2) is 12.7 Å². The number of ether oxygens (including phenoxy) is 7. The first-order valence-electron chi connectivity index (χ1n) is 15.5. The van der Waals surface area contributed by atoms with Gasteiger partial charge in [-0.2, -0.15) is 0 Å². The average molecular weight is 561 g/mol. The minimum atomic E-state index is -1.34. The van der Waals surface area contributed by atoms with Crippen LogP contribution in [0.5, 0.6) is 0 Å². The highest BCUT2D eigenvalue weighted by Crippen LogP contribution is 2.66. The van der Waals surface area contributed by atoms with Crippen molar-refractivity contribution < 1.29 is 42.7 Å². The number of esters is 2. The minimum Gasteiger partial charge on any atom is -0.454 e. The first-order chi connectivity index (χ1) is 19.1. The van der Waals surface area contributed by atoms with Gasteiger partial charge in [0.1, 0.15) is 30.5 Å². The molecule has 4 saturated carbocycles. The van der Waals surface area contributed by atoms with Crippen LogP contribution in [0, 0.1) is 10.8 Å². The molecule has 2 spiro atoms. The van der Waals surface area contributed by atoms with Crippen LogP contribution in [0.4, 0.5) is 0 Å². The maximum Gasteiger partial charge on any atom is 0.351 e. The molecule has 7 aliphatic rings. The molecule has 40 heavy (non-hydrogen) atoms. The summed E-state index contributed by atoms with van der Waals surface area (Å²) in [6.45, 7) is 9.96. The maximum absolute atomic E-state index is 14.2. The highest BCUT2D eigenvalue weighted by molar-refractivity contribution is 5.93. The Morgan fingerprint density at radius 3 is 1.73 bits per heavy atom. The van der Waals surface area contributed by atoms with E-state index in [0.717, 1.165) is 64.2 Å². The van der Waals surface area contributed by atoms with Crippen molar-refractivity contribution in [1.29, 1.82) is 0 Å². The van der Waals surface area contributed by atoms with E-state index in [9.17, 15) is 9.59 Å². The molecule has 0 radical (unpaired) electrons. The second-order valence-electron chi connectivity index (χ2n) is 13.9. The van der Waals surface area contributed by atoms with Crippen LogP contribution in [-0.4, -0.2) is 72.3 Å². The number of fused-ring (bicyclic) bond motifs is 4. The van der Waals surface area contributed by atoms with E-state index in [-0.39, 0.29) is 5.97 Å². The number of rotatable bonds is 5. The summed E-state index contributed by atoms with van der Waals surface area (Å²) in [5, 5.41) is 0. The zero-order valence-corrected chi connectivity index (χ0v) is 24.1. The molecule has 3 aliphatic heterocycles. The maximum atomic E-state index is 14.2. The predicted octanol–water partition coefficient (Wildman–Crippen LogP) is 4.49. The van der Waals surface area contributed by atoms with Crippen molar-refractivity contribution in [3.05, 3.63) is 12.7 Å². The summed E-state index contributed by atoms with van der Waals surface area (Å²) in [5.74, 6) is -2.33. The monoisotopic (exact) mass is 560 g/mol. The predicted molar refractivity (Wildman–Crippen MR) is 141 cm³/mol. The van der Waals surface area contributed by atoms with Crippen LogP contribution in [0.2, 0.25) is 0 Å². The van der Waals surface area contributed by atoms with E-state index >= 15 is 0 Å². The summed E-state index contributed by atoms with van der Waals surface area (Å²) < 4.78 is 45.8. The fraction of sp³-hybridized carbons (Fsp3) is 0.871. The van der Waals surface area contributed by atoms with Crippen LogP contribution in [0.25, 0.3) is 0 Å². The van der Waals surface area contributed by atoms with Crippen molar-refractivity contribution in [3.8, 4) is 0 Å². The lowest BCUT2D eigenvalue weighted by Gasteiger charge is -2.43. The van der Waals surface area contributed by atoms with Crippen LogP contribution >= 0.6 is 0 Å². The third kappa shape index (κ3) is 3.63. The van der Waals surface area contributed by atoms with E-state index in [0.29, 0.717) is 19.4 Å². The second-order valence-corrected chi connectivity index (χ2v) is 13.9. The SMILES string of the molecule is C=CCOC1[C@@H]2OC3(CCCCC3)O[C@@H]2C(OC(=O)[C@@]23CC[C@@](C)(C(=O)O2)C3(C)C)[C@@H]2OC3(CCCCC3)O[C@@H]12. The first kappa shape index (κ1) is 27.3. The molecule has 2 unspecified atom stereocenters. The van der Waals surface area contributed by atoms with Gasteiger partial charge in [0, 0.05) is 31.1 Å². The molecule has 9 nitrogen and oxygen atoms in total. The van der Waals surface area contributed by atoms with Gasteiger partial charge < -0.3 is 33.2 Å². The third-order valence-electron chi connectivity index (χ3n) is 11.6. The Morgan fingerprint density at radius 1 is 0.800 bits per heavy atom. The summed E-state index contributed by atoms with van der Waals surface area (Å²) in [4.78, 5) is 27.2. The molecular weight excluding hydrogens is 516 g/mol. The first-order valence-corrected chi connectivity index (χ1v) is 15.5. The van der Waals surface area contributed by atoms with Crippen LogP contribution in [0.1, 0.15) is 97.8 Å². The van der Waals surface area contributed by atoms with E-state index in [4.69, 9.17) is 33.2 Å². The molecule has 0 aromatic carbocycles. The number of carbonyl (C=O) groups is 2. The molecule has 0 amide bonds. The van der Waals surface area contributed by atoms with Crippen LogP contribution in [0.3, 0.4) is 0 Å². The average Bonchev–Trinajstić information content (AvgIpc) is 3.58. The summed E-state index contributed by atoms with van der Waals surface area (Å²) in [5.41, 5.74) is -2.79. The Labute approximate surface area is 236 Å². The molecule has 0 aromatic heterocycles. The van der Waals surface area contributed by atoms with Gasteiger partial charge in [0.15, 0.2) is 17.7 Å². The van der Waals surface area contributed by atoms with Gasteiger partial charge in [-0.25, -0.2) is 4.79 Å². The smallest absolute Gasteiger partial charge is 0.351 e. The fourth-order valence-electron chi connectivity index (χ4n) is 8.78. The zero-order chi connectivity index (χ0) is 28.0. The van der Waals surface area contributed by atoms with Crippen molar-refractivity contribution in [2.45, 2.75) is 152 Å². The second kappa shape index (κ2) is 9.24. The van der Waals surface area contributed by atoms with Gasteiger partial charge in [0.2, 0.25) is 5.60 Å². The van der Waals surface area contributed by atoms with Crippen molar-refractivity contribution in [1.82, 2.24) is 0 Å². The van der Waals surface area contributed by atoms with Gasteiger partial charge in [0.25, 0.3) is 0 Å².